The van der Waals surface area contributed by atoms with Crippen molar-refractivity contribution in [1.29, 1.82) is 0 Å². The molecule has 1 aromatic carbocycles. The van der Waals surface area contributed by atoms with Gasteiger partial charge in [0.25, 0.3) is 5.91 Å². The monoisotopic (exact) mass is 294 g/mol. The molecule has 1 amide bonds. The summed E-state index contributed by atoms with van der Waals surface area (Å²) in [5.41, 5.74) is 6.09. The number of amides is 1. The summed E-state index contributed by atoms with van der Waals surface area (Å²) in [4.78, 5) is 12.2. The van der Waals surface area contributed by atoms with Crippen LogP contribution in [-0.4, -0.2) is 25.6 Å². The quantitative estimate of drug-likeness (QED) is 0.877. The maximum atomic E-state index is 13.7. The Morgan fingerprint density at radius 3 is 2.71 bits per heavy atom. The Bertz CT molecular complexity index is 487. The Morgan fingerprint density at radius 2 is 2.14 bits per heavy atom. The summed E-state index contributed by atoms with van der Waals surface area (Å²) in [6.07, 6.45) is 5.83. The van der Waals surface area contributed by atoms with Crippen LogP contribution in [-0.2, 0) is 0 Å². The van der Waals surface area contributed by atoms with E-state index in [1.807, 2.05) is 0 Å². The molecule has 1 aromatic rings. The van der Waals surface area contributed by atoms with E-state index in [4.69, 9.17) is 10.5 Å². The molecule has 5 heteroatoms. The predicted molar refractivity (Wildman–Crippen MR) is 79.8 cm³/mol. The number of hydrogen-bond acceptors (Lipinski definition) is 3. The third kappa shape index (κ3) is 3.94. The first-order chi connectivity index (χ1) is 10.2. The highest BCUT2D eigenvalue weighted by Gasteiger charge is 2.24. The maximum Gasteiger partial charge on any atom is 0.251 e. The average molecular weight is 294 g/mol. The second-order valence-corrected chi connectivity index (χ2v) is 5.56. The molecule has 0 aromatic heterocycles. The molecule has 0 heterocycles. The van der Waals surface area contributed by atoms with Gasteiger partial charge in [0, 0.05) is 18.2 Å². The minimum absolute atomic E-state index is 0.0389. The number of nitrogens with one attached hydrogen (secondary N) is 1. The highest BCUT2D eigenvalue weighted by molar-refractivity contribution is 5.94. The van der Waals surface area contributed by atoms with Gasteiger partial charge in [-0.05, 0) is 37.0 Å². The molecule has 0 radical (unpaired) electrons. The minimum atomic E-state index is -0.535. The molecule has 0 aliphatic heterocycles. The van der Waals surface area contributed by atoms with Crippen molar-refractivity contribution < 1.29 is 13.9 Å². The topological polar surface area (TPSA) is 64.3 Å². The van der Waals surface area contributed by atoms with E-state index in [1.54, 1.807) is 6.07 Å². The van der Waals surface area contributed by atoms with Crippen LogP contribution >= 0.6 is 0 Å². The zero-order chi connectivity index (χ0) is 15.2. The summed E-state index contributed by atoms with van der Waals surface area (Å²) < 4.78 is 18.5. The zero-order valence-corrected chi connectivity index (χ0v) is 12.4. The molecule has 21 heavy (non-hydrogen) atoms. The number of halogens is 1. The van der Waals surface area contributed by atoms with E-state index in [9.17, 15) is 9.18 Å². The Balaban J connectivity index is 2.03. The van der Waals surface area contributed by atoms with E-state index < -0.39 is 5.82 Å². The number of benzene rings is 1. The summed E-state index contributed by atoms with van der Waals surface area (Å²) in [7, 11) is 1.39. The molecular formula is C16H23FN2O2. The van der Waals surface area contributed by atoms with E-state index in [1.165, 1.54) is 38.5 Å². The molecule has 1 unspecified atom stereocenters. The Kier molecular flexibility index (Phi) is 5.56. The Labute approximate surface area is 124 Å². The highest BCUT2D eigenvalue weighted by atomic mass is 19.1. The van der Waals surface area contributed by atoms with Crippen LogP contribution in [0, 0.1) is 11.7 Å². The zero-order valence-electron chi connectivity index (χ0n) is 12.4. The number of rotatable bonds is 5. The van der Waals surface area contributed by atoms with Crippen molar-refractivity contribution >= 4 is 5.91 Å². The average Bonchev–Trinajstić information content (AvgIpc) is 2.53. The lowest BCUT2D eigenvalue weighted by molar-refractivity contribution is 0.0915. The molecule has 1 saturated carbocycles. The molecule has 1 atom stereocenters. The number of carbonyl (C=O) groups is 1. The molecule has 0 saturated heterocycles. The van der Waals surface area contributed by atoms with E-state index in [2.05, 4.69) is 5.32 Å². The van der Waals surface area contributed by atoms with Gasteiger partial charge in [0.1, 0.15) is 0 Å². The van der Waals surface area contributed by atoms with Crippen LogP contribution < -0.4 is 15.8 Å². The van der Waals surface area contributed by atoms with Crippen LogP contribution in [0.1, 0.15) is 42.5 Å². The van der Waals surface area contributed by atoms with Gasteiger partial charge >= 0.3 is 0 Å². The summed E-state index contributed by atoms with van der Waals surface area (Å²) in [6, 6.07) is 4.18. The standard InChI is InChI=1S/C16H23FN2O2/c1-21-15-8-7-12(9-13(15)17)16(20)19-14(10-18)11-5-3-2-4-6-11/h7-9,11,14H,2-6,10,18H2,1H3,(H,19,20). The summed E-state index contributed by atoms with van der Waals surface area (Å²) in [5.74, 6) is -0.255. The fourth-order valence-electron chi connectivity index (χ4n) is 2.97. The third-order valence-electron chi connectivity index (χ3n) is 4.20. The second-order valence-electron chi connectivity index (χ2n) is 5.56. The van der Waals surface area contributed by atoms with Gasteiger partial charge in [-0.15, -0.1) is 0 Å². The van der Waals surface area contributed by atoms with Crippen LogP contribution in [0.15, 0.2) is 18.2 Å². The van der Waals surface area contributed by atoms with Crippen LogP contribution in [0.25, 0.3) is 0 Å². The fraction of sp³-hybridized carbons (Fsp3) is 0.562. The second kappa shape index (κ2) is 7.41. The first-order valence-corrected chi connectivity index (χ1v) is 7.50. The first-order valence-electron chi connectivity index (χ1n) is 7.50. The SMILES string of the molecule is COc1ccc(C(=O)NC(CN)C2CCCCC2)cc1F. The van der Waals surface area contributed by atoms with Crippen LogP contribution in [0.2, 0.25) is 0 Å². The van der Waals surface area contributed by atoms with Crippen molar-refractivity contribution in [1.82, 2.24) is 5.32 Å². The normalized spacial score (nSPS) is 17.3. The van der Waals surface area contributed by atoms with E-state index in [-0.39, 0.29) is 17.7 Å². The number of ether oxygens (including phenoxy) is 1. The summed E-state index contributed by atoms with van der Waals surface area (Å²) in [5, 5.41) is 2.95. The predicted octanol–water partition coefficient (Wildman–Crippen LogP) is 2.47. The van der Waals surface area contributed by atoms with Crippen molar-refractivity contribution in [3.63, 3.8) is 0 Å². The van der Waals surface area contributed by atoms with Crippen molar-refractivity contribution in [3.05, 3.63) is 29.6 Å². The Morgan fingerprint density at radius 1 is 1.43 bits per heavy atom. The molecule has 4 nitrogen and oxygen atoms in total. The lowest BCUT2D eigenvalue weighted by atomic mass is 9.84. The van der Waals surface area contributed by atoms with E-state index in [0.29, 0.717) is 18.0 Å². The summed E-state index contributed by atoms with van der Waals surface area (Å²) in [6.45, 7) is 0.412. The molecule has 3 N–H and O–H groups in total. The maximum absolute atomic E-state index is 13.7. The van der Waals surface area contributed by atoms with Crippen molar-refractivity contribution in [2.45, 2.75) is 38.1 Å². The van der Waals surface area contributed by atoms with E-state index >= 15 is 0 Å². The fourth-order valence-corrected chi connectivity index (χ4v) is 2.97. The molecule has 1 fully saturated rings. The van der Waals surface area contributed by atoms with Gasteiger partial charge in [-0.25, -0.2) is 4.39 Å². The molecule has 2 rings (SSSR count). The van der Waals surface area contributed by atoms with Crippen molar-refractivity contribution in [2.24, 2.45) is 11.7 Å². The largest absolute Gasteiger partial charge is 0.494 e. The van der Waals surface area contributed by atoms with Crippen molar-refractivity contribution in [2.75, 3.05) is 13.7 Å². The molecule has 0 bridgehead atoms. The molecule has 1 aliphatic carbocycles. The van der Waals surface area contributed by atoms with Gasteiger partial charge in [-0.3, -0.25) is 4.79 Å². The molecule has 116 valence electrons. The van der Waals surface area contributed by atoms with Crippen LogP contribution in [0.3, 0.4) is 0 Å². The van der Waals surface area contributed by atoms with Gasteiger partial charge in [0.15, 0.2) is 11.6 Å². The van der Waals surface area contributed by atoms with Crippen LogP contribution in [0.4, 0.5) is 4.39 Å². The number of methoxy groups -OCH3 is 1. The van der Waals surface area contributed by atoms with Crippen LogP contribution in [0.5, 0.6) is 5.75 Å². The van der Waals surface area contributed by atoms with Crippen molar-refractivity contribution in [3.8, 4) is 5.75 Å². The lowest BCUT2D eigenvalue weighted by Crippen LogP contribution is -2.45. The first kappa shape index (κ1) is 15.8. The minimum Gasteiger partial charge on any atom is -0.494 e. The lowest BCUT2D eigenvalue weighted by Gasteiger charge is -2.30. The highest BCUT2D eigenvalue weighted by Crippen LogP contribution is 2.26. The Hall–Kier alpha value is -1.62. The number of hydrogen-bond donors (Lipinski definition) is 2. The molecular weight excluding hydrogens is 271 g/mol. The smallest absolute Gasteiger partial charge is 0.251 e. The third-order valence-corrected chi connectivity index (χ3v) is 4.20. The van der Waals surface area contributed by atoms with Gasteiger partial charge in [0.2, 0.25) is 0 Å². The molecule has 0 spiro atoms. The van der Waals surface area contributed by atoms with Gasteiger partial charge < -0.3 is 15.8 Å². The number of nitrogens with two attached hydrogens (primary N) is 1. The molecule has 1 aliphatic rings. The number of carbonyl (C=O) groups excluding carboxylic acids is 1. The van der Waals surface area contributed by atoms with Gasteiger partial charge in [-0.1, -0.05) is 19.3 Å². The van der Waals surface area contributed by atoms with Gasteiger partial charge in [-0.2, -0.15) is 0 Å². The van der Waals surface area contributed by atoms with E-state index in [0.717, 1.165) is 12.8 Å². The van der Waals surface area contributed by atoms with Gasteiger partial charge in [0.05, 0.1) is 7.11 Å². The summed E-state index contributed by atoms with van der Waals surface area (Å²) >= 11 is 0.